The van der Waals surface area contributed by atoms with Crippen molar-refractivity contribution in [2.24, 2.45) is 0 Å². The van der Waals surface area contributed by atoms with Gasteiger partial charge in [-0.3, -0.25) is 24.3 Å². The number of ketones is 1. The lowest BCUT2D eigenvalue weighted by atomic mass is 10.1. The van der Waals surface area contributed by atoms with Crippen LogP contribution in [0.5, 0.6) is 0 Å². The Kier molecular flexibility index (Phi) is 7.59. The molecular formula is C25H34N6O3. The van der Waals surface area contributed by atoms with Crippen LogP contribution in [0.4, 0.5) is 11.5 Å². The van der Waals surface area contributed by atoms with Crippen molar-refractivity contribution in [1.82, 2.24) is 19.7 Å². The van der Waals surface area contributed by atoms with Gasteiger partial charge in [0.1, 0.15) is 11.6 Å². The Labute approximate surface area is 200 Å². The molecule has 0 saturated carbocycles. The van der Waals surface area contributed by atoms with Gasteiger partial charge in [0.25, 0.3) is 0 Å². The van der Waals surface area contributed by atoms with E-state index in [2.05, 4.69) is 15.0 Å². The van der Waals surface area contributed by atoms with Crippen LogP contribution in [0.3, 0.4) is 0 Å². The highest BCUT2D eigenvalue weighted by Gasteiger charge is 2.24. The number of carbonyl (C=O) groups is 3. The van der Waals surface area contributed by atoms with Gasteiger partial charge in [-0.25, -0.2) is 4.68 Å². The summed E-state index contributed by atoms with van der Waals surface area (Å²) in [5, 5.41) is 4.42. The van der Waals surface area contributed by atoms with Gasteiger partial charge in [-0.2, -0.15) is 5.10 Å². The molecule has 0 N–H and O–H groups in total. The van der Waals surface area contributed by atoms with Crippen molar-refractivity contribution in [3.63, 3.8) is 0 Å². The van der Waals surface area contributed by atoms with Gasteiger partial charge in [0.2, 0.25) is 11.8 Å². The number of aromatic nitrogens is 3. The first-order chi connectivity index (χ1) is 16.4. The van der Waals surface area contributed by atoms with Gasteiger partial charge < -0.3 is 9.80 Å². The fourth-order valence-corrected chi connectivity index (χ4v) is 4.63. The van der Waals surface area contributed by atoms with Crippen LogP contribution in [0, 0.1) is 6.92 Å². The minimum Gasteiger partial charge on any atom is -0.367 e. The number of pyridine rings is 1. The minimum atomic E-state index is -0.0333. The highest BCUT2D eigenvalue weighted by Crippen LogP contribution is 2.23. The molecule has 182 valence electrons. The van der Waals surface area contributed by atoms with E-state index in [0.29, 0.717) is 18.7 Å². The minimum absolute atomic E-state index is 0.0124. The first-order valence-electron chi connectivity index (χ1n) is 12.3. The lowest BCUT2D eigenvalue weighted by molar-refractivity contribution is -0.131. The number of hydrogen-bond acceptors (Lipinski definition) is 6. The Morgan fingerprint density at radius 1 is 0.941 bits per heavy atom. The van der Waals surface area contributed by atoms with Gasteiger partial charge in [0.05, 0.1) is 17.6 Å². The van der Waals surface area contributed by atoms with Crippen LogP contribution in [0.15, 0.2) is 24.4 Å². The number of hydrogen-bond donors (Lipinski definition) is 0. The van der Waals surface area contributed by atoms with Crippen molar-refractivity contribution in [2.75, 3.05) is 42.5 Å². The fraction of sp³-hybridized carbons (Fsp3) is 0.560. The lowest BCUT2D eigenvalue weighted by Crippen LogP contribution is -2.48. The summed E-state index contributed by atoms with van der Waals surface area (Å²) < 4.78 is 1.87. The molecule has 0 radical (unpaired) electrons. The summed E-state index contributed by atoms with van der Waals surface area (Å²) in [5.74, 6) is 1.04. The smallest absolute Gasteiger partial charge is 0.228 e. The topological polar surface area (TPSA) is 91.6 Å². The quantitative estimate of drug-likeness (QED) is 0.593. The molecule has 0 atom stereocenters. The molecule has 9 heteroatoms. The van der Waals surface area contributed by atoms with Crippen molar-refractivity contribution >= 4 is 29.1 Å². The van der Waals surface area contributed by atoms with E-state index >= 15 is 0 Å². The Morgan fingerprint density at radius 2 is 1.74 bits per heavy atom. The molecule has 0 unspecified atom stereocenters. The molecule has 0 aromatic carbocycles. The number of nitrogens with zero attached hydrogens (tertiary/aromatic N) is 6. The summed E-state index contributed by atoms with van der Waals surface area (Å²) >= 11 is 0. The van der Waals surface area contributed by atoms with E-state index in [1.54, 1.807) is 11.1 Å². The highest BCUT2D eigenvalue weighted by atomic mass is 16.2. The van der Waals surface area contributed by atoms with Gasteiger partial charge in [0, 0.05) is 76.7 Å². The van der Waals surface area contributed by atoms with Crippen molar-refractivity contribution < 1.29 is 14.4 Å². The molecule has 0 aliphatic carbocycles. The third kappa shape index (κ3) is 5.63. The summed E-state index contributed by atoms with van der Waals surface area (Å²) in [5.41, 5.74) is 2.61. The number of fused-ring (bicyclic) bond motifs is 1. The predicted octanol–water partition coefficient (Wildman–Crippen LogP) is 2.36. The van der Waals surface area contributed by atoms with Crippen LogP contribution in [-0.2, 0) is 27.3 Å². The monoisotopic (exact) mass is 466 g/mol. The van der Waals surface area contributed by atoms with Gasteiger partial charge in [0.15, 0.2) is 0 Å². The summed E-state index contributed by atoms with van der Waals surface area (Å²) in [4.78, 5) is 47.7. The maximum Gasteiger partial charge on any atom is 0.228 e. The number of anilines is 2. The first kappa shape index (κ1) is 23.9. The first-order valence-corrected chi connectivity index (χ1v) is 12.3. The number of aryl methyl sites for hydroxylation is 2. The molecule has 9 nitrogen and oxygen atoms in total. The zero-order valence-corrected chi connectivity index (χ0v) is 20.2. The number of rotatable bonds is 8. The molecule has 4 heterocycles. The zero-order valence-electron chi connectivity index (χ0n) is 20.2. The van der Waals surface area contributed by atoms with E-state index in [4.69, 9.17) is 0 Å². The summed E-state index contributed by atoms with van der Waals surface area (Å²) in [7, 11) is 0. The Morgan fingerprint density at radius 3 is 2.44 bits per heavy atom. The number of amides is 2. The van der Waals surface area contributed by atoms with Gasteiger partial charge in [-0.05, 0) is 31.9 Å². The van der Waals surface area contributed by atoms with Gasteiger partial charge >= 0.3 is 0 Å². The Bertz CT molecular complexity index is 1020. The van der Waals surface area contributed by atoms with Crippen LogP contribution in [0.25, 0.3) is 0 Å². The van der Waals surface area contributed by atoms with E-state index < -0.39 is 0 Å². The van der Waals surface area contributed by atoms with E-state index in [1.165, 1.54) is 0 Å². The molecule has 1 fully saturated rings. The van der Waals surface area contributed by atoms with Gasteiger partial charge in [-0.1, -0.05) is 6.92 Å². The van der Waals surface area contributed by atoms with Crippen LogP contribution < -0.4 is 9.80 Å². The molecule has 2 aliphatic heterocycles. The van der Waals surface area contributed by atoms with E-state index in [-0.39, 0.29) is 36.9 Å². The largest absolute Gasteiger partial charge is 0.367 e. The van der Waals surface area contributed by atoms with Crippen LogP contribution in [0.1, 0.15) is 50.4 Å². The Balaban J connectivity index is 1.24. The van der Waals surface area contributed by atoms with Crippen LogP contribution in [0.2, 0.25) is 0 Å². The number of piperazine rings is 1. The average molecular weight is 467 g/mol. The van der Waals surface area contributed by atoms with Gasteiger partial charge in [-0.15, -0.1) is 0 Å². The SMILES string of the molecule is CCCC(=O)N1CCN(c2ccc(CC(=O)CCC(=O)N3CCCn4nc(C)cc43)nc2)CC1. The van der Waals surface area contributed by atoms with E-state index in [1.807, 2.05) is 41.6 Å². The molecular weight excluding hydrogens is 432 g/mol. The van der Waals surface area contributed by atoms with Crippen molar-refractivity contribution in [3.8, 4) is 0 Å². The van der Waals surface area contributed by atoms with E-state index in [9.17, 15) is 14.4 Å². The van der Waals surface area contributed by atoms with Crippen LogP contribution >= 0.6 is 0 Å². The summed E-state index contributed by atoms with van der Waals surface area (Å²) in [6.45, 7) is 8.45. The second-order valence-corrected chi connectivity index (χ2v) is 9.11. The lowest BCUT2D eigenvalue weighted by Gasteiger charge is -2.36. The predicted molar refractivity (Wildman–Crippen MR) is 130 cm³/mol. The van der Waals surface area contributed by atoms with Crippen molar-refractivity contribution in [2.45, 2.75) is 58.9 Å². The highest BCUT2D eigenvalue weighted by molar-refractivity contribution is 5.95. The normalized spacial score (nSPS) is 15.9. The standard InChI is InChI=1S/C25H34N6O3/c1-3-5-24(33)29-14-12-28(13-15-29)21-7-6-20(26-18-21)17-22(32)8-9-25(34)30-10-4-11-31-23(30)16-19(2)27-31/h6-7,16,18H,3-5,8-15,17H2,1-2H3. The summed E-state index contributed by atoms with van der Waals surface area (Å²) in [6.07, 6.45) is 4.79. The molecule has 2 amide bonds. The van der Waals surface area contributed by atoms with Crippen molar-refractivity contribution in [1.29, 1.82) is 0 Å². The third-order valence-corrected chi connectivity index (χ3v) is 6.48. The van der Waals surface area contributed by atoms with E-state index in [0.717, 1.165) is 62.8 Å². The molecule has 0 bridgehead atoms. The van der Waals surface area contributed by atoms with Crippen molar-refractivity contribution in [3.05, 3.63) is 35.8 Å². The molecule has 1 saturated heterocycles. The molecule has 2 aromatic rings. The molecule has 2 aromatic heterocycles. The number of Topliss-reactive ketones (excluding diaryl/α,β-unsaturated/α-hetero) is 1. The van der Waals surface area contributed by atoms with Crippen LogP contribution in [-0.4, -0.2) is 70.0 Å². The molecule has 0 spiro atoms. The second-order valence-electron chi connectivity index (χ2n) is 9.11. The average Bonchev–Trinajstić information content (AvgIpc) is 3.23. The fourth-order valence-electron chi connectivity index (χ4n) is 4.63. The second kappa shape index (κ2) is 10.8. The molecule has 4 rings (SSSR count). The zero-order chi connectivity index (χ0) is 24.1. The number of carbonyl (C=O) groups excluding carboxylic acids is 3. The maximum atomic E-state index is 12.7. The molecule has 34 heavy (non-hydrogen) atoms. The Hall–Kier alpha value is -3.23. The third-order valence-electron chi connectivity index (χ3n) is 6.48. The maximum absolute atomic E-state index is 12.7. The molecule has 2 aliphatic rings. The summed E-state index contributed by atoms with van der Waals surface area (Å²) in [6, 6.07) is 5.80.